The maximum Gasteiger partial charge on any atom is 0.253 e. The minimum atomic E-state index is -0.181. The summed E-state index contributed by atoms with van der Waals surface area (Å²) in [7, 11) is 0. The predicted octanol–water partition coefficient (Wildman–Crippen LogP) is 3.99. The van der Waals surface area contributed by atoms with E-state index >= 15 is 0 Å². The molecule has 1 heterocycles. The van der Waals surface area contributed by atoms with Gasteiger partial charge in [0.25, 0.3) is 11.5 Å². The van der Waals surface area contributed by atoms with E-state index in [9.17, 15) is 9.59 Å². The largest absolute Gasteiger partial charge is 0.486 e. The summed E-state index contributed by atoms with van der Waals surface area (Å²) in [4.78, 5) is 27.5. The lowest BCUT2D eigenvalue weighted by molar-refractivity contribution is 0.0950. The van der Waals surface area contributed by atoms with Crippen LogP contribution in [0.15, 0.2) is 59.4 Å². The van der Waals surface area contributed by atoms with Crippen molar-refractivity contribution in [3.05, 3.63) is 98.5 Å². The Morgan fingerprint density at radius 3 is 2.69 bits per heavy atom. The zero-order valence-corrected chi connectivity index (χ0v) is 16.6. The molecule has 148 valence electrons. The van der Waals surface area contributed by atoms with Crippen LogP contribution in [0, 0.1) is 13.8 Å². The smallest absolute Gasteiger partial charge is 0.253 e. The lowest BCUT2D eigenvalue weighted by Crippen LogP contribution is -2.28. The standard InChI is InChI=1S/C24H24N2O3/c1-15-12-16(2)26-24(28)21(15)14-25-23(27)18-8-10-20-17(13-18)9-11-22(20)29-19-6-4-3-5-7-19/h3-8,10,12-13,22H,9,11,14H2,1-2H3,(H,25,27)(H,26,28). The van der Waals surface area contributed by atoms with Crippen molar-refractivity contribution in [3.8, 4) is 5.75 Å². The molecule has 0 bridgehead atoms. The normalized spacial score (nSPS) is 15.0. The van der Waals surface area contributed by atoms with Crippen LogP contribution in [0.1, 0.15) is 50.8 Å². The molecule has 5 heteroatoms. The second-order valence-electron chi connectivity index (χ2n) is 7.50. The van der Waals surface area contributed by atoms with Gasteiger partial charge in [-0.05, 0) is 73.7 Å². The maximum atomic E-state index is 12.6. The minimum absolute atomic E-state index is 0.0123. The van der Waals surface area contributed by atoms with Crippen molar-refractivity contribution >= 4 is 5.91 Å². The van der Waals surface area contributed by atoms with Crippen LogP contribution in [-0.2, 0) is 13.0 Å². The lowest BCUT2D eigenvalue weighted by atomic mass is 10.0. The Balaban J connectivity index is 1.45. The summed E-state index contributed by atoms with van der Waals surface area (Å²) >= 11 is 0. The summed E-state index contributed by atoms with van der Waals surface area (Å²) in [5.74, 6) is 0.672. The van der Waals surface area contributed by atoms with Crippen molar-refractivity contribution < 1.29 is 9.53 Å². The molecule has 1 aliphatic rings. The van der Waals surface area contributed by atoms with Gasteiger partial charge < -0.3 is 15.0 Å². The Labute approximate surface area is 169 Å². The van der Waals surface area contributed by atoms with Gasteiger partial charge in [-0.3, -0.25) is 9.59 Å². The first-order valence-electron chi connectivity index (χ1n) is 9.83. The van der Waals surface area contributed by atoms with E-state index < -0.39 is 0 Å². The van der Waals surface area contributed by atoms with Crippen LogP contribution in [0.2, 0.25) is 0 Å². The third kappa shape index (κ3) is 4.09. The number of amides is 1. The van der Waals surface area contributed by atoms with Gasteiger partial charge in [-0.2, -0.15) is 0 Å². The van der Waals surface area contributed by atoms with Crippen molar-refractivity contribution in [2.45, 2.75) is 39.3 Å². The number of rotatable bonds is 5. The third-order valence-electron chi connectivity index (χ3n) is 5.37. The van der Waals surface area contributed by atoms with Crippen LogP contribution in [0.5, 0.6) is 5.75 Å². The first-order chi connectivity index (χ1) is 14.0. The van der Waals surface area contributed by atoms with Crippen molar-refractivity contribution in [3.63, 3.8) is 0 Å². The fraction of sp³-hybridized carbons (Fsp3) is 0.250. The summed E-state index contributed by atoms with van der Waals surface area (Å²) in [5.41, 5.74) is 5.00. The molecule has 1 amide bonds. The van der Waals surface area contributed by atoms with Gasteiger partial charge in [0.15, 0.2) is 0 Å². The fourth-order valence-corrected chi connectivity index (χ4v) is 3.88. The van der Waals surface area contributed by atoms with Crippen LogP contribution in [0.4, 0.5) is 0 Å². The van der Waals surface area contributed by atoms with Crippen LogP contribution in [0.25, 0.3) is 0 Å². The van der Waals surface area contributed by atoms with Gasteiger partial charge in [0.2, 0.25) is 0 Å². The molecule has 29 heavy (non-hydrogen) atoms. The van der Waals surface area contributed by atoms with E-state index in [0.29, 0.717) is 11.1 Å². The molecule has 1 atom stereocenters. The molecule has 0 radical (unpaired) electrons. The van der Waals surface area contributed by atoms with Gasteiger partial charge in [0, 0.05) is 23.4 Å². The zero-order chi connectivity index (χ0) is 20.4. The quantitative estimate of drug-likeness (QED) is 0.694. The number of hydrogen-bond donors (Lipinski definition) is 2. The second-order valence-corrected chi connectivity index (χ2v) is 7.50. The van der Waals surface area contributed by atoms with E-state index in [4.69, 9.17) is 4.74 Å². The van der Waals surface area contributed by atoms with Crippen molar-refractivity contribution in [1.29, 1.82) is 0 Å². The molecular formula is C24H24N2O3. The minimum Gasteiger partial charge on any atom is -0.486 e. The average Bonchev–Trinajstić information content (AvgIpc) is 3.10. The fourth-order valence-electron chi connectivity index (χ4n) is 3.88. The van der Waals surface area contributed by atoms with E-state index in [1.54, 1.807) is 0 Å². The molecular weight excluding hydrogens is 364 g/mol. The Bertz CT molecular complexity index is 1100. The van der Waals surface area contributed by atoms with Crippen LogP contribution >= 0.6 is 0 Å². The highest BCUT2D eigenvalue weighted by Gasteiger charge is 2.25. The molecule has 0 saturated heterocycles. The van der Waals surface area contributed by atoms with Gasteiger partial charge >= 0.3 is 0 Å². The predicted molar refractivity (Wildman–Crippen MR) is 112 cm³/mol. The molecule has 0 aliphatic heterocycles. The molecule has 0 saturated carbocycles. The Morgan fingerprint density at radius 1 is 1.14 bits per heavy atom. The lowest BCUT2D eigenvalue weighted by Gasteiger charge is -2.15. The summed E-state index contributed by atoms with van der Waals surface area (Å²) < 4.78 is 6.10. The first-order valence-corrected chi connectivity index (χ1v) is 9.83. The number of para-hydroxylation sites is 1. The van der Waals surface area contributed by atoms with Gasteiger partial charge in [0.05, 0.1) is 0 Å². The van der Waals surface area contributed by atoms with E-state index in [1.165, 1.54) is 0 Å². The molecule has 2 aromatic carbocycles. The summed E-state index contributed by atoms with van der Waals surface area (Å²) in [6.45, 7) is 3.93. The molecule has 1 unspecified atom stereocenters. The van der Waals surface area contributed by atoms with E-state index in [-0.39, 0.29) is 24.1 Å². The molecule has 2 N–H and O–H groups in total. The molecule has 1 aliphatic carbocycles. The number of benzene rings is 2. The van der Waals surface area contributed by atoms with Gasteiger partial charge in [0.1, 0.15) is 11.9 Å². The number of fused-ring (bicyclic) bond motifs is 1. The number of carbonyl (C=O) groups excluding carboxylic acids is 1. The van der Waals surface area contributed by atoms with Crippen LogP contribution < -0.4 is 15.6 Å². The Hall–Kier alpha value is -3.34. The highest BCUT2D eigenvalue weighted by molar-refractivity contribution is 5.94. The maximum absolute atomic E-state index is 12.6. The highest BCUT2D eigenvalue weighted by Crippen LogP contribution is 2.35. The Morgan fingerprint density at radius 2 is 1.93 bits per heavy atom. The summed E-state index contributed by atoms with van der Waals surface area (Å²) in [6.07, 6.45) is 1.79. The molecule has 3 aromatic rings. The molecule has 4 rings (SSSR count). The number of aryl methyl sites for hydroxylation is 3. The number of ether oxygens (including phenoxy) is 1. The first kappa shape index (κ1) is 19.0. The molecule has 0 spiro atoms. The van der Waals surface area contributed by atoms with Crippen molar-refractivity contribution in [2.24, 2.45) is 0 Å². The van der Waals surface area contributed by atoms with E-state index in [1.807, 2.05) is 68.4 Å². The Kier molecular flexibility index (Phi) is 5.21. The number of aromatic nitrogens is 1. The van der Waals surface area contributed by atoms with E-state index in [2.05, 4.69) is 10.3 Å². The number of aromatic amines is 1. The van der Waals surface area contributed by atoms with Gasteiger partial charge in [-0.1, -0.05) is 24.3 Å². The number of carbonyl (C=O) groups is 1. The third-order valence-corrected chi connectivity index (χ3v) is 5.37. The second kappa shape index (κ2) is 7.95. The summed E-state index contributed by atoms with van der Waals surface area (Å²) in [5, 5.41) is 2.87. The van der Waals surface area contributed by atoms with Crippen molar-refractivity contribution in [1.82, 2.24) is 10.3 Å². The highest BCUT2D eigenvalue weighted by atomic mass is 16.5. The summed E-state index contributed by atoms with van der Waals surface area (Å²) in [6, 6.07) is 17.4. The zero-order valence-electron chi connectivity index (χ0n) is 16.6. The molecule has 5 nitrogen and oxygen atoms in total. The van der Waals surface area contributed by atoms with Crippen LogP contribution in [0.3, 0.4) is 0 Å². The molecule has 0 fully saturated rings. The topological polar surface area (TPSA) is 71.2 Å². The van der Waals surface area contributed by atoms with Gasteiger partial charge in [-0.25, -0.2) is 0 Å². The number of nitrogens with one attached hydrogen (secondary N) is 2. The molecule has 1 aromatic heterocycles. The average molecular weight is 388 g/mol. The SMILES string of the molecule is Cc1cc(C)c(CNC(=O)c2ccc3c(c2)CCC3Oc2ccccc2)c(=O)[nH]1. The van der Waals surface area contributed by atoms with Crippen LogP contribution in [-0.4, -0.2) is 10.9 Å². The van der Waals surface area contributed by atoms with Crippen molar-refractivity contribution in [2.75, 3.05) is 0 Å². The number of pyridine rings is 1. The monoisotopic (exact) mass is 388 g/mol. The number of H-pyrrole nitrogens is 1. The number of hydrogen-bond acceptors (Lipinski definition) is 3. The van der Waals surface area contributed by atoms with E-state index in [0.717, 1.165) is 41.0 Å². The van der Waals surface area contributed by atoms with Gasteiger partial charge in [-0.15, -0.1) is 0 Å².